The molecule has 1 fully saturated rings. The van der Waals surface area contributed by atoms with E-state index in [-0.39, 0.29) is 5.91 Å². The topological polar surface area (TPSA) is 61.6 Å². The van der Waals surface area contributed by atoms with E-state index in [4.69, 9.17) is 16.0 Å². The molecule has 29 heavy (non-hydrogen) atoms. The molecule has 4 rings (SSSR count). The van der Waals surface area contributed by atoms with Gasteiger partial charge in [-0.15, -0.1) is 0 Å². The number of carbonyl (C=O) groups excluding carboxylic acids is 1. The van der Waals surface area contributed by atoms with E-state index < -0.39 is 0 Å². The quantitative estimate of drug-likeness (QED) is 0.670. The number of amides is 1. The smallest absolute Gasteiger partial charge is 0.238 e. The summed E-state index contributed by atoms with van der Waals surface area (Å²) in [5, 5.41) is 3.42. The van der Waals surface area contributed by atoms with Gasteiger partial charge in [0.2, 0.25) is 11.8 Å². The zero-order valence-electron chi connectivity index (χ0n) is 16.1. The minimum absolute atomic E-state index is 0.0493. The van der Waals surface area contributed by atoms with Crippen molar-refractivity contribution in [1.29, 1.82) is 0 Å². The van der Waals surface area contributed by atoms with Crippen molar-refractivity contribution in [3.63, 3.8) is 0 Å². The molecule has 1 aliphatic rings. The molecule has 0 saturated carbocycles. The van der Waals surface area contributed by atoms with Crippen LogP contribution in [0.15, 0.2) is 65.2 Å². The van der Waals surface area contributed by atoms with Gasteiger partial charge in [0, 0.05) is 31.7 Å². The van der Waals surface area contributed by atoms with Gasteiger partial charge in [-0.05, 0) is 12.1 Å². The highest BCUT2D eigenvalue weighted by Gasteiger charge is 2.20. The van der Waals surface area contributed by atoms with Crippen LogP contribution in [0.1, 0.15) is 5.89 Å². The van der Waals surface area contributed by atoms with Crippen LogP contribution in [0.4, 0.5) is 5.69 Å². The normalized spacial score (nSPS) is 15.3. The number of benzene rings is 2. The van der Waals surface area contributed by atoms with Gasteiger partial charge in [-0.2, -0.15) is 0 Å². The molecule has 1 N–H and O–H groups in total. The molecule has 0 bridgehead atoms. The lowest BCUT2D eigenvalue weighted by molar-refractivity contribution is -0.117. The van der Waals surface area contributed by atoms with Crippen molar-refractivity contribution in [2.24, 2.45) is 0 Å². The van der Waals surface area contributed by atoms with Gasteiger partial charge >= 0.3 is 0 Å². The third-order valence-electron chi connectivity index (χ3n) is 4.95. The molecule has 6 nitrogen and oxygen atoms in total. The lowest BCUT2D eigenvalue weighted by atomic mass is 10.2. The molecule has 2 heterocycles. The fourth-order valence-corrected chi connectivity index (χ4v) is 3.55. The number of carbonyl (C=O) groups is 1. The Hall–Kier alpha value is -2.67. The summed E-state index contributed by atoms with van der Waals surface area (Å²) in [6.45, 7) is 4.40. The number of nitrogens with zero attached hydrogens (tertiary/aromatic N) is 3. The van der Waals surface area contributed by atoms with E-state index in [0.29, 0.717) is 29.7 Å². The number of nitrogens with one attached hydrogen (secondary N) is 1. The van der Waals surface area contributed by atoms with Crippen molar-refractivity contribution >= 4 is 23.2 Å². The summed E-state index contributed by atoms with van der Waals surface area (Å²) in [4.78, 5) is 21.1. The molecule has 1 amide bonds. The van der Waals surface area contributed by atoms with E-state index in [1.807, 2.05) is 42.5 Å². The summed E-state index contributed by atoms with van der Waals surface area (Å²) in [6.07, 6.45) is 1.78. The second-order valence-corrected chi connectivity index (χ2v) is 7.47. The standard InChI is InChI=1S/C22H23ClN4O2/c23-18-8-4-5-9-19(18)25-21(28)15-26-10-12-27(13-11-26)16-22-24-14-20(29-22)17-6-2-1-3-7-17/h1-9,14H,10-13,15-16H2,(H,25,28). The first-order valence-corrected chi connectivity index (χ1v) is 10.0. The SMILES string of the molecule is O=C(CN1CCN(Cc2ncc(-c3ccccc3)o2)CC1)Nc1ccccc1Cl. The molecule has 1 aromatic heterocycles. The first-order valence-electron chi connectivity index (χ1n) is 9.66. The number of piperazine rings is 1. The lowest BCUT2D eigenvalue weighted by Gasteiger charge is -2.33. The van der Waals surface area contributed by atoms with Gasteiger partial charge in [0.1, 0.15) is 0 Å². The summed E-state index contributed by atoms with van der Waals surface area (Å²) in [6, 6.07) is 17.2. The first-order chi connectivity index (χ1) is 14.2. The summed E-state index contributed by atoms with van der Waals surface area (Å²) >= 11 is 6.10. The average molecular weight is 411 g/mol. The van der Waals surface area contributed by atoms with Gasteiger partial charge < -0.3 is 9.73 Å². The van der Waals surface area contributed by atoms with Gasteiger partial charge in [-0.25, -0.2) is 4.98 Å². The van der Waals surface area contributed by atoms with E-state index in [0.717, 1.165) is 37.5 Å². The highest BCUT2D eigenvalue weighted by Crippen LogP contribution is 2.21. The van der Waals surface area contributed by atoms with Crippen LogP contribution in [-0.2, 0) is 11.3 Å². The van der Waals surface area contributed by atoms with E-state index in [2.05, 4.69) is 20.1 Å². The number of hydrogen-bond donors (Lipinski definition) is 1. The van der Waals surface area contributed by atoms with E-state index >= 15 is 0 Å². The Morgan fingerprint density at radius 2 is 1.69 bits per heavy atom. The Morgan fingerprint density at radius 3 is 2.45 bits per heavy atom. The highest BCUT2D eigenvalue weighted by molar-refractivity contribution is 6.33. The summed E-state index contributed by atoms with van der Waals surface area (Å²) in [5.41, 5.74) is 1.68. The largest absolute Gasteiger partial charge is 0.439 e. The van der Waals surface area contributed by atoms with E-state index in [1.165, 1.54) is 0 Å². The van der Waals surface area contributed by atoms with Crippen molar-refractivity contribution in [1.82, 2.24) is 14.8 Å². The van der Waals surface area contributed by atoms with Crippen LogP contribution in [0.2, 0.25) is 5.02 Å². The molecular formula is C22H23ClN4O2. The molecule has 150 valence electrons. The molecule has 0 aliphatic carbocycles. The number of aromatic nitrogens is 1. The fraction of sp³-hybridized carbons (Fsp3) is 0.273. The number of halogens is 1. The zero-order chi connectivity index (χ0) is 20.1. The van der Waals surface area contributed by atoms with Gasteiger partial charge in [0.25, 0.3) is 0 Å². The maximum atomic E-state index is 12.3. The second-order valence-electron chi connectivity index (χ2n) is 7.06. The molecule has 0 atom stereocenters. The maximum Gasteiger partial charge on any atom is 0.238 e. The minimum Gasteiger partial charge on any atom is -0.439 e. The number of rotatable bonds is 6. The highest BCUT2D eigenvalue weighted by atomic mass is 35.5. The summed E-state index contributed by atoms with van der Waals surface area (Å²) in [5.74, 6) is 1.45. The third kappa shape index (κ3) is 5.23. The minimum atomic E-state index is -0.0493. The number of hydrogen-bond acceptors (Lipinski definition) is 5. The van der Waals surface area contributed by atoms with Crippen LogP contribution in [0, 0.1) is 0 Å². The van der Waals surface area contributed by atoms with Crippen molar-refractivity contribution in [3.05, 3.63) is 71.7 Å². The van der Waals surface area contributed by atoms with Crippen LogP contribution in [-0.4, -0.2) is 53.4 Å². The predicted octanol–water partition coefficient (Wildman–Crippen LogP) is 3.75. The Kier molecular flexibility index (Phi) is 6.24. The number of oxazole rings is 1. The molecule has 0 radical (unpaired) electrons. The summed E-state index contributed by atoms with van der Waals surface area (Å²) < 4.78 is 5.90. The maximum absolute atomic E-state index is 12.3. The van der Waals surface area contributed by atoms with Crippen molar-refractivity contribution in [2.45, 2.75) is 6.54 Å². The molecule has 1 aliphatic heterocycles. The van der Waals surface area contributed by atoms with Gasteiger partial charge in [-0.1, -0.05) is 54.1 Å². The number of para-hydroxylation sites is 1. The lowest BCUT2D eigenvalue weighted by Crippen LogP contribution is -2.48. The van der Waals surface area contributed by atoms with Crippen molar-refractivity contribution in [2.75, 3.05) is 38.0 Å². The average Bonchev–Trinajstić information content (AvgIpc) is 3.20. The second kappa shape index (κ2) is 9.22. The molecule has 3 aromatic rings. The fourth-order valence-electron chi connectivity index (χ4n) is 3.37. The molecule has 7 heteroatoms. The Morgan fingerprint density at radius 1 is 1.00 bits per heavy atom. The van der Waals surface area contributed by atoms with Crippen LogP contribution in [0.3, 0.4) is 0 Å². The van der Waals surface area contributed by atoms with E-state index in [1.54, 1.807) is 18.3 Å². The Labute approximate surface area is 175 Å². The van der Waals surface area contributed by atoms with Crippen LogP contribution in [0.25, 0.3) is 11.3 Å². The molecule has 0 unspecified atom stereocenters. The van der Waals surface area contributed by atoms with Crippen LogP contribution in [0.5, 0.6) is 0 Å². The molecular weight excluding hydrogens is 388 g/mol. The monoisotopic (exact) mass is 410 g/mol. The van der Waals surface area contributed by atoms with Crippen LogP contribution >= 0.6 is 11.6 Å². The van der Waals surface area contributed by atoms with Gasteiger partial charge in [-0.3, -0.25) is 14.6 Å². The zero-order valence-corrected chi connectivity index (χ0v) is 16.8. The summed E-state index contributed by atoms with van der Waals surface area (Å²) in [7, 11) is 0. The molecule has 2 aromatic carbocycles. The van der Waals surface area contributed by atoms with Crippen molar-refractivity contribution in [3.8, 4) is 11.3 Å². The first kappa shape index (κ1) is 19.6. The Bertz CT molecular complexity index is 952. The van der Waals surface area contributed by atoms with Crippen molar-refractivity contribution < 1.29 is 9.21 Å². The van der Waals surface area contributed by atoms with Crippen LogP contribution < -0.4 is 5.32 Å². The Balaban J connectivity index is 1.24. The predicted molar refractivity (Wildman–Crippen MR) is 114 cm³/mol. The molecule has 1 saturated heterocycles. The third-order valence-corrected chi connectivity index (χ3v) is 5.28. The molecule has 0 spiro atoms. The van der Waals surface area contributed by atoms with Gasteiger partial charge in [0.05, 0.1) is 30.0 Å². The van der Waals surface area contributed by atoms with Gasteiger partial charge in [0.15, 0.2) is 5.76 Å². The number of anilines is 1. The van der Waals surface area contributed by atoms with E-state index in [9.17, 15) is 4.79 Å².